The van der Waals surface area contributed by atoms with Gasteiger partial charge in [-0.3, -0.25) is 9.58 Å². The Labute approximate surface area is 125 Å². The molecule has 3 heterocycles. The third-order valence-corrected chi connectivity index (χ3v) is 4.10. The van der Waals surface area contributed by atoms with Crippen molar-refractivity contribution in [2.24, 2.45) is 7.05 Å². The summed E-state index contributed by atoms with van der Waals surface area (Å²) in [6, 6.07) is 5.88. The van der Waals surface area contributed by atoms with Gasteiger partial charge >= 0.3 is 0 Å². The van der Waals surface area contributed by atoms with Gasteiger partial charge in [0.25, 0.3) is 0 Å². The Morgan fingerprint density at radius 2 is 1.95 bits per heavy atom. The molecule has 0 bridgehead atoms. The van der Waals surface area contributed by atoms with E-state index in [1.807, 2.05) is 30.1 Å². The quantitative estimate of drug-likeness (QED) is 0.899. The molecule has 0 amide bonds. The van der Waals surface area contributed by atoms with Crippen molar-refractivity contribution >= 4 is 11.5 Å². The van der Waals surface area contributed by atoms with Crippen LogP contribution in [0.15, 0.2) is 30.6 Å². The van der Waals surface area contributed by atoms with Crippen LogP contribution in [0.3, 0.4) is 0 Å². The molecule has 2 aromatic heterocycles. The van der Waals surface area contributed by atoms with Crippen LogP contribution in [0.4, 0.5) is 11.5 Å². The Balaban J connectivity index is 1.51. The molecule has 0 unspecified atom stereocenters. The summed E-state index contributed by atoms with van der Waals surface area (Å²) in [5.41, 5.74) is 8.05. The summed E-state index contributed by atoms with van der Waals surface area (Å²) in [5, 5.41) is 4.21. The van der Waals surface area contributed by atoms with E-state index in [9.17, 15) is 0 Å². The van der Waals surface area contributed by atoms with Gasteiger partial charge in [0.2, 0.25) is 0 Å². The monoisotopic (exact) mass is 286 g/mol. The van der Waals surface area contributed by atoms with Crippen LogP contribution in [-0.4, -0.2) is 52.4 Å². The highest BCUT2D eigenvalue weighted by atomic mass is 15.3. The molecule has 6 nitrogen and oxygen atoms in total. The van der Waals surface area contributed by atoms with E-state index in [0.717, 1.165) is 50.6 Å². The molecule has 0 radical (unpaired) electrons. The molecule has 2 N–H and O–H groups in total. The summed E-state index contributed by atoms with van der Waals surface area (Å²) in [6.07, 6.45) is 4.71. The van der Waals surface area contributed by atoms with Crippen LogP contribution in [0.5, 0.6) is 0 Å². The second-order valence-corrected chi connectivity index (χ2v) is 5.44. The summed E-state index contributed by atoms with van der Waals surface area (Å²) in [6.45, 7) is 5.13. The molecule has 21 heavy (non-hydrogen) atoms. The Hall–Kier alpha value is -2.08. The number of piperazine rings is 1. The molecule has 1 fully saturated rings. The van der Waals surface area contributed by atoms with Gasteiger partial charge in [0, 0.05) is 64.3 Å². The summed E-state index contributed by atoms with van der Waals surface area (Å²) >= 11 is 0. The lowest BCUT2D eigenvalue weighted by Gasteiger charge is -2.35. The fraction of sp³-hybridized carbons (Fsp3) is 0.467. The van der Waals surface area contributed by atoms with E-state index in [4.69, 9.17) is 5.73 Å². The lowest BCUT2D eigenvalue weighted by Crippen LogP contribution is -2.47. The van der Waals surface area contributed by atoms with Gasteiger partial charge in [0.05, 0.1) is 5.69 Å². The highest BCUT2D eigenvalue weighted by Crippen LogP contribution is 2.20. The molecular weight excluding hydrogens is 264 g/mol. The number of nitrogen functional groups attached to an aromatic ring is 1. The number of nitrogens with two attached hydrogens (primary N) is 1. The zero-order valence-electron chi connectivity index (χ0n) is 12.4. The van der Waals surface area contributed by atoms with E-state index in [1.54, 1.807) is 6.20 Å². The molecule has 6 heteroatoms. The lowest BCUT2D eigenvalue weighted by atomic mass is 10.2. The molecular formula is C15H22N6. The SMILES string of the molecule is Cn1nccc1CCN1CCN(c2ncccc2N)CC1. The molecule has 0 saturated carbocycles. The van der Waals surface area contributed by atoms with Crippen molar-refractivity contribution in [1.82, 2.24) is 19.7 Å². The third-order valence-electron chi connectivity index (χ3n) is 4.10. The topological polar surface area (TPSA) is 63.2 Å². The first kappa shape index (κ1) is 13.9. The second-order valence-electron chi connectivity index (χ2n) is 5.44. The molecule has 0 spiro atoms. The Morgan fingerprint density at radius 1 is 1.14 bits per heavy atom. The summed E-state index contributed by atoms with van der Waals surface area (Å²) in [4.78, 5) is 9.16. The van der Waals surface area contributed by atoms with Gasteiger partial charge in [0.1, 0.15) is 0 Å². The fourth-order valence-corrected chi connectivity index (χ4v) is 2.78. The van der Waals surface area contributed by atoms with Crippen molar-refractivity contribution in [2.45, 2.75) is 6.42 Å². The van der Waals surface area contributed by atoms with Gasteiger partial charge in [-0.15, -0.1) is 0 Å². The number of hydrogen-bond donors (Lipinski definition) is 1. The maximum absolute atomic E-state index is 6.00. The minimum absolute atomic E-state index is 0.765. The number of aryl methyl sites for hydroxylation is 1. The number of nitrogens with zero attached hydrogens (tertiary/aromatic N) is 5. The van der Waals surface area contributed by atoms with Crippen LogP contribution in [0.2, 0.25) is 0 Å². The number of rotatable bonds is 4. The van der Waals surface area contributed by atoms with Crippen molar-refractivity contribution in [1.29, 1.82) is 0 Å². The average molecular weight is 286 g/mol. The Kier molecular flexibility index (Phi) is 4.06. The molecule has 0 atom stereocenters. The standard InChI is InChI=1S/C15H22N6/c1-19-13(4-7-18-19)5-8-20-9-11-21(12-10-20)15-14(16)3-2-6-17-15/h2-4,6-7H,5,8-12,16H2,1H3. The van der Waals surface area contributed by atoms with E-state index in [0.29, 0.717) is 0 Å². The first-order valence-corrected chi connectivity index (χ1v) is 7.39. The molecule has 1 saturated heterocycles. The van der Waals surface area contributed by atoms with E-state index in [1.165, 1.54) is 5.69 Å². The molecule has 0 aliphatic carbocycles. The highest BCUT2D eigenvalue weighted by Gasteiger charge is 2.19. The number of pyridine rings is 1. The number of anilines is 2. The smallest absolute Gasteiger partial charge is 0.151 e. The first-order chi connectivity index (χ1) is 10.2. The van der Waals surface area contributed by atoms with Gasteiger partial charge in [0.15, 0.2) is 5.82 Å². The van der Waals surface area contributed by atoms with E-state index in [-0.39, 0.29) is 0 Å². The highest BCUT2D eigenvalue weighted by molar-refractivity contribution is 5.62. The molecule has 1 aliphatic rings. The maximum Gasteiger partial charge on any atom is 0.151 e. The fourth-order valence-electron chi connectivity index (χ4n) is 2.78. The van der Waals surface area contributed by atoms with Crippen molar-refractivity contribution in [3.8, 4) is 0 Å². The van der Waals surface area contributed by atoms with E-state index in [2.05, 4.69) is 25.9 Å². The molecule has 2 aromatic rings. The summed E-state index contributed by atoms with van der Waals surface area (Å²) in [5.74, 6) is 0.920. The van der Waals surface area contributed by atoms with Gasteiger partial charge < -0.3 is 10.6 Å². The predicted octanol–water partition coefficient (Wildman–Crippen LogP) is 0.762. The van der Waals surface area contributed by atoms with E-state index < -0.39 is 0 Å². The van der Waals surface area contributed by atoms with Gasteiger partial charge in [-0.2, -0.15) is 5.10 Å². The van der Waals surface area contributed by atoms with Crippen molar-refractivity contribution in [3.63, 3.8) is 0 Å². The normalized spacial score (nSPS) is 16.3. The predicted molar refractivity (Wildman–Crippen MR) is 84.2 cm³/mol. The zero-order valence-corrected chi connectivity index (χ0v) is 12.4. The van der Waals surface area contributed by atoms with E-state index >= 15 is 0 Å². The Morgan fingerprint density at radius 3 is 2.62 bits per heavy atom. The average Bonchev–Trinajstić information content (AvgIpc) is 2.92. The van der Waals surface area contributed by atoms with Crippen LogP contribution in [-0.2, 0) is 13.5 Å². The van der Waals surface area contributed by atoms with Crippen molar-refractivity contribution in [3.05, 3.63) is 36.3 Å². The molecule has 112 valence electrons. The molecule has 1 aliphatic heterocycles. The van der Waals surface area contributed by atoms with Gasteiger partial charge in [-0.25, -0.2) is 4.98 Å². The van der Waals surface area contributed by atoms with Gasteiger partial charge in [-0.1, -0.05) is 0 Å². The maximum atomic E-state index is 6.00. The zero-order chi connectivity index (χ0) is 14.7. The minimum Gasteiger partial charge on any atom is -0.396 e. The van der Waals surface area contributed by atoms with Crippen LogP contribution in [0.1, 0.15) is 5.69 Å². The number of aromatic nitrogens is 3. The van der Waals surface area contributed by atoms with Crippen molar-refractivity contribution < 1.29 is 0 Å². The summed E-state index contributed by atoms with van der Waals surface area (Å²) in [7, 11) is 2.00. The molecule has 0 aromatic carbocycles. The second kappa shape index (κ2) is 6.13. The van der Waals surface area contributed by atoms with Crippen LogP contribution in [0, 0.1) is 0 Å². The van der Waals surface area contributed by atoms with Crippen LogP contribution in [0.25, 0.3) is 0 Å². The van der Waals surface area contributed by atoms with Crippen LogP contribution >= 0.6 is 0 Å². The first-order valence-electron chi connectivity index (χ1n) is 7.39. The molecule has 3 rings (SSSR count). The Bertz CT molecular complexity index is 585. The third kappa shape index (κ3) is 3.16. The van der Waals surface area contributed by atoms with Gasteiger partial charge in [-0.05, 0) is 18.2 Å². The lowest BCUT2D eigenvalue weighted by molar-refractivity contribution is 0.259. The minimum atomic E-state index is 0.765. The number of hydrogen-bond acceptors (Lipinski definition) is 5. The van der Waals surface area contributed by atoms with Crippen molar-refractivity contribution in [2.75, 3.05) is 43.4 Å². The largest absolute Gasteiger partial charge is 0.396 e. The van der Waals surface area contributed by atoms with Crippen LogP contribution < -0.4 is 10.6 Å². The summed E-state index contributed by atoms with van der Waals surface area (Å²) < 4.78 is 1.95.